The average molecular weight is 292 g/mol. The number of carbonyl (C=O) groups excluding carboxylic acids is 2. The maximum absolute atomic E-state index is 12.6. The van der Waals surface area contributed by atoms with Crippen LogP contribution >= 0.6 is 0 Å². The molecule has 1 rings (SSSR count). The lowest BCUT2D eigenvalue weighted by molar-refractivity contribution is -0.125. The number of hydrogen-bond acceptors (Lipinski definition) is 2. The number of allylic oxidation sites excluding steroid dienone is 1. The van der Waals surface area contributed by atoms with Gasteiger partial charge in [0.15, 0.2) is 0 Å². The van der Waals surface area contributed by atoms with Crippen molar-refractivity contribution in [2.45, 2.75) is 72.6 Å². The molecule has 1 saturated carbocycles. The topological polar surface area (TPSA) is 34.1 Å². The van der Waals surface area contributed by atoms with Gasteiger partial charge in [0.25, 0.3) is 0 Å². The van der Waals surface area contributed by atoms with Crippen molar-refractivity contribution >= 4 is 11.6 Å². The van der Waals surface area contributed by atoms with Gasteiger partial charge in [-0.3, -0.25) is 4.79 Å². The Morgan fingerprint density at radius 1 is 1.29 bits per heavy atom. The van der Waals surface area contributed by atoms with Crippen LogP contribution in [0.5, 0.6) is 0 Å². The first kappa shape index (κ1) is 18.1. The van der Waals surface area contributed by atoms with Crippen LogP contribution in [0.15, 0.2) is 12.2 Å². The summed E-state index contributed by atoms with van der Waals surface area (Å²) in [6, 6.07) is 0. The molecule has 0 heterocycles. The van der Waals surface area contributed by atoms with Crippen LogP contribution in [0.1, 0.15) is 72.6 Å². The molecule has 1 aliphatic carbocycles. The molecule has 21 heavy (non-hydrogen) atoms. The number of Topliss-reactive ketones (excluding diaryl/α,β-unsaturated/α-hetero) is 2. The fourth-order valence-corrected chi connectivity index (χ4v) is 3.50. The summed E-state index contributed by atoms with van der Waals surface area (Å²) in [7, 11) is 0. The summed E-state index contributed by atoms with van der Waals surface area (Å²) >= 11 is 0. The molecule has 0 aliphatic heterocycles. The Balaban J connectivity index is 2.61. The van der Waals surface area contributed by atoms with Gasteiger partial charge in [0, 0.05) is 18.8 Å². The maximum atomic E-state index is 12.6. The molecule has 0 bridgehead atoms. The predicted molar refractivity (Wildman–Crippen MR) is 88.1 cm³/mol. The highest BCUT2D eigenvalue weighted by molar-refractivity contribution is 5.82. The highest BCUT2D eigenvalue weighted by Gasteiger charge is 2.32. The van der Waals surface area contributed by atoms with Gasteiger partial charge in [-0.15, -0.1) is 6.58 Å². The van der Waals surface area contributed by atoms with Crippen molar-refractivity contribution in [2.24, 2.45) is 23.7 Å². The van der Waals surface area contributed by atoms with Crippen LogP contribution < -0.4 is 0 Å². The van der Waals surface area contributed by atoms with Crippen molar-refractivity contribution in [3.63, 3.8) is 0 Å². The Morgan fingerprint density at radius 2 is 1.95 bits per heavy atom. The molecule has 1 fully saturated rings. The van der Waals surface area contributed by atoms with Gasteiger partial charge in [0.1, 0.15) is 11.6 Å². The molecule has 0 radical (unpaired) electrons. The van der Waals surface area contributed by atoms with E-state index in [1.165, 1.54) is 5.57 Å². The molecule has 0 saturated heterocycles. The third-order valence-electron chi connectivity index (χ3n) is 5.20. The molecule has 0 unspecified atom stereocenters. The summed E-state index contributed by atoms with van der Waals surface area (Å²) in [4.78, 5) is 23.8. The quantitative estimate of drug-likeness (QED) is 0.490. The first-order chi connectivity index (χ1) is 9.81. The maximum Gasteiger partial charge on any atom is 0.136 e. The van der Waals surface area contributed by atoms with Gasteiger partial charge in [0.05, 0.1) is 0 Å². The summed E-state index contributed by atoms with van der Waals surface area (Å²) in [5.41, 5.74) is 1.20. The molecule has 0 spiro atoms. The minimum Gasteiger partial charge on any atom is -0.300 e. The van der Waals surface area contributed by atoms with E-state index in [1.807, 2.05) is 0 Å². The van der Waals surface area contributed by atoms with E-state index in [-0.39, 0.29) is 11.7 Å². The van der Waals surface area contributed by atoms with E-state index < -0.39 is 0 Å². The highest BCUT2D eigenvalue weighted by Crippen LogP contribution is 2.36. The van der Waals surface area contributed by atoms with Crippen LogP contribution in [0.2, 0.25) is 0 Å². The molecule has 0 aromatic rings. The summed E-state index contributed by atoms with van der Waals surface area (Å²) in [5, 5.41) is 0. The van der Waals surface area contributed by atoms with Crippen LogP contribution in [0.3, 0.4) is 0 Å². The van der Waals surface area contributed by atoms with E-state index >= 15 is 0 Å². The van der Waals surface area contributed by atoms with Crippen molar-refractivity contribution in [3.8, 4) is 0 Å². The molecular weight excluding hydrogens is 260 g/mol. The lowest BCUT2D eigenvalue weighted by Crippen LogP contribution is -2.22. The molecule has 0 aromatic heterocycles. The first-order valence-corrected chi connectivity index (χ1v) is 8.47. The van der Waals surface area contributed by atoms with E-state index in [1.54, 1.807) is 6.92 Å². The number of carbonyl (C=O) groups is 2. The fourth-order valence-electron chi connectivity index (χ4n) is 3.50. The summed E-state index contributed by atoms with van der Waals surface area (Å²) in [5.74, 6) is 2.31. The standard InChI is InChI=1S/C19H32O2/c1-13(2)6-7-15(4)18-11-8-14(3)17(12-19(18)21)10-9-16(5)20/h14-15,17-18H,1,6-12H2,2-5H3/t14-,15+,17-,18+/m1/s1. The minimum atomic E-state index is 0.217. The summed E-state index contributed by atoms with van der Waals surface area (Å²) in [6.07, 6.45) is 6.42. The molecular formula is C19H32O2. The Bertz CT molecular complexity index is 383. The Morgan fingerprint density at radius 3 is 2.52 bits per heavy atom. The molecule has 2 heteroatoms. The van der Waals surface area contributed by atoms with Crippen LogP contribution in [0.4, 0.5) is 0 Å². The normalized spacial score (nSPS) is 28.0. The summed E-state index contributed by atoms with van der Waals surface area (Å²) < 4.78 is 0. The Kier molecular flexibility index (Phi) is 7.34. The fraction of sp³-hybridized carbons (Fsp3) is 0.789. The van der Waals surface area contributed by atoms with Gasteiger partial charge in [-0.05, 0) is 63.7 Å². The smallest absolute Gasteiger partial charge is 0.136 e. The second-order valence-electron chi connectivity index (χ2n) is 7.31. The van der Waals surface area contributed by atoms with Gasteiger partial charge in [-0.1, -0.05) is 19.4 Å². The minimum absolute atomic E-state index is 0.217. The molecule has 120 valence electrons. The lowest BCUT2D eigenvalue weighted by atomic mass is 9.82. The van der Waals surface area contributed by atoms with Crippen molar-refractivity contribution in [1.82, 2.24) is 0 Å². The van der Waals surface area contributed by atoms with Gasteiger partial charge in [0.2, 0.25) is 0 Å². The molecule has 1 aliphatic rings. The van der Waals surface area contributed by atoms with Gasteiger partial charge < -0.3 is 4.79 Å². The van der Waals surface area contributed by atoms with E-state index in [9.17, 15) is 9.59 Å². The number of rotatable bonds is 7. The molecule has 0 amide bonds. The molecule has 0 aromatic carbocycles. The second-order valence-corrected chi connectivity index (χ2v) is 7.31. The highest BCUT2D eigenvalue weighted by atomic mass is 16.1. The molecule has 4 atom stereocenters. The number of ketones is 2. The SMILES string of the molecule is C=C(C)CC[C@H](C)[C@@H]1CC[C@@H](C)[C@H](CCC(C)=O)CC1=O. The van der Waals surface area contributed by atoms with Crippen LogP contribution in [0, 0.1) is 23.7 Å². The zero-order valence-electron chi connectivity index (χ0n) is 14.3. The van der Waals surface area contributed by atoms with E-state index in [4.69, 9.17) is 0 Å². The van der Waals surface area contributed by atoms with E-state index in [2.05, 4.69) is 27.4 Å². The zero-order chi connectivity index (χ0) is 16.0. The van der Waals surface area contributed by atoms with Crippen LogP contribution in [-0.2, 0) is 9.59 Å². The predicted octanol–water partition coefficient (Wildman–Crippen LogP) is 4.97. The van der Waals surface area contributed by atoms with Crippen LogP contribution in [-0.4, -0.2) is 11.6 Å². The van der Waals surface area contributed by atoms with Crippen molar-refractivity contribution in [2.75, 3.05) is 0 Å². The van der Waals surface area contributed by atoms with Crippen molar-refractivity contribution in [1.29, 1.82) is 0 Å². The monoisotopic (exact) mass is 292 g/mol. The van der Waals surface area contributed by atoms with Crippen molar-refractivity contribution in [3.05, 3.63) is 12.2 Å². The van der Waals surface area contributed by atoms with Gasteiger partial charge in [-0.2, -0.15) is 0 Å². The lowest BCUT2D eigenvalue weighted by Gasteiger charge is -2.21. The molecule has 0 N–H and O–H groups in total. The molecule has 2 nitrogen and oxygen atoms in total. The first-order valence-electron chi connectivity index (χ1n) is 8.47. The number of hydrogen-bond donors (Lipinski definition) is 0. The third-order valence-corrected chi connectivity index (χ3v) is 5.20. The van der Waals surface area contributed by atoms with Crippen LogP contribution in [0.25, 0.3) is 0 Å². The average Bonchev–Trinajstić information content (AvgIpc) is 2.53. The van der Waals surface area contributed by atoms with E-state index in [0.29, 0.717) is 36.4 Å². The Labute approximate surface area is 130 Å². The summed E-state index contributed by atoms with van der Waals surface area (Å²) in [6.45, 7) is 12.1. The van der Waals surface area contributed by atoms with Crippen molar-refractivity contribution < 1.29 is 9.59 Å². The Hall–Kier alpha value is -0.920. The zero-order valence-corrected chi connectivity index (χ0v) is 14.3. The second kappa shape index (κ2) is 8.51. The van der Waals surface area contributed by atoms with E-state index in [0.717, 1.165) is 32.1 Å². The van der Waals surface area contributed by atoms with Gasteiger partial charge in [-0.25, -0.2) is 0 Å². The van der Waals surface area contributed by atoms with Gasteiger partial charge >= 0.3 is 0 Å². The third kappa shape index (κ3) is 6.15. The largest absolute Gasteiger partial charge is 0.300 e.